The Morgan fingerprint density at radius 2 is 1.98 bits per heavy atom. The number of hydrogen-bond acceptors (Lipinski definition) is 15. The molecular weight excluding hydrogens is 635 g/mol. The first-order valence-corrected chi connectivity index (χ1v) is 16.1. The van der Waals surface area contributed by atoms with E-state index in [0.717, 1.165) is 18.4 Å². The van der Waals surface area contributed by atoms with Crippen molar-refractivity contribution in [1.29, 1.82) is 0 Å². The number of sulfonamides is 1. The number of benzene rings is 1. The number of carbonyl (C=O) groups is 1. The number of aliphatic hydroxyl groups excluding tert-OH is 1. The van der Waals surface area contributed by atoms with E-state index < -0.39 is 54.0 Å². The summed E-state index contributed by atoms with van der Waals surface area (Å²) in [7, 11) is -5.77. The largest absolute Gasteiger partial charge is 0.468 e. The van der Waals surface area contributed by atoms with Crippen molar-refractivity contribution in [3.05, 3.63) is 35.6 Å². The lowest BCUT2D eigenvalue weighted by atomic mass is 9.99. The van der Waals surface area contributed by atoms with Crippen molar-refractivity contribution in [3.8, 4) is 5.75 Å². The molecule has 1 aliphatic rings. The summed E-state index contributed by atoms with van der Waals surface area (Å²) in [5.41, 5.74) is 3.78. The van der Waals surface area contributed by atoms with Crippen LogP contribution in [0.4, 0.5) is 11.8 Å². The summed E-state index contributed by atoms with van der Waals surface area (Å²) < 4.78 is 60.3. The van der Waals surface area contributed by atoms with Crippen molar-refractivity contribution in [3.63, 3.8) is 0 Å². The minimum atomic E-state index is -4.56. The molecule has 3 heterocycles. The fourth-order valence-electron chi connectivity index (χ4n) is 4.12. The molecular formula is C22H30ClN8O10PS. The molecule has 6 atom stereocenters. The molecule has 0 saturated carbocycles. The second-order valence-electron chi connectivity index (χ2n) is 9.70. The molecule has 1 fully saturated rings. The van der Waals surface area contributed by atoms with Gasteiger partial charge in [0.2, 0.25) is 22.3 Å². The number of nitrogen functional groups attached to an aromatic ring is 1. The van der Waals surface area contributed by atoms with Crippen molar-refractivity contribution in [2.45, 2.75) is 44.1 Å². The highest BCUT2D eigenvalue weighted by molar-refractivity contribution is 7.88. The van der Waals surface area contributed by atoms with Crippen LogP contribution in [-0.4, -0.2) is 88.6 Å². The number of aromatic nitrogens is 4. The van der Waals surface area contributed by atoms with E-state index in [-0.39, 0.29) is 28.7 Å². The Morgan fingerprint density at radius 3 is 2.58 bits per heavy atom. The summed E-state index contributed by atoms with van der Waals surface area (Å²) >= 11 is 5.92. The molecule has 3 unspecified atom stereocenters. The number of esters is 1. The SMILES string of the molecule is COC(=O)[C@H](C)NP(=O)(Oc1ccc(Cl)cc1)OC1O[C@@H](n2cnc3c(N(C)NS(C)(=O)=O)nc(N)nc32)[C@](C)(O)C1O. The van der Waals surface area contributed by atoms with Crippen LogP contribution in [0.25, 0.3) is 11.2 Å². The maximum Gasteiger partial charge on any atom is 0.461 e. The Bertz CT molecular complexity index is 1660. The van der Waals surface area contributed by atoms with Crippen LogP contribution < -0.4 is 25.2 Å². The van der Waals surface area contributed by atoms with Crippen molar-refractivity contribution in [2.75, 3.05) is 31.2 Å². The number of imidazole rings is 1. The highest BCUT2D eigenvalue weighted by Crippen LogP contribution is 2.51. The quantitative estimate of drug-likeness (QED) is 0.105. The third kappa shape index (κ3) is 7.17. The van der Waals surface area contributed by atoms with E-state index in [9.17, 15) is 28.0 Å². The van der Waals surface area contributed by atoms with Gasteiger partial charge in [0.05, 0.1) is 19.7 Å². The topological polar surface area (TPSA) is 243 Å². The molecule has 3 aromatic rings. The summed E-state index contributed by atoms with van der Waals surface area (Å²) in [6.45, 7) is 2.56. The van der Waals surface area contributed by atoms with E-state index in [0.29, 0.717) is 5.02 Å². The van der Waals surface area contributed by atoms with Gasteiger partial charge in [-0.05, 0) is 38.1 Å². The number of fused-ring (bicyclic) bond motifs is 1. The van der Waals surface area contributed by atoms with Crippen LogP contribution in [-0.2, 0) is 33.4 Å². The van der Waals surface area contributed by atoms with Gasteiger partial charge in [-0.15, -0.1) is 4.83 Å². The van der Waals surface area contributed by atoms with Crippen LogP contribution in [0.3, 0.4) is 0 Å². The van der Waals surface area contributed by atoms with Crippen LogP contribution in [0.5, 0.6) is 5.75 Å². The smallest absolute Gasteiger partial charge is 0.461 e. The van der Waals surface area contributed by atoms with Crippen LogP contribution in [0, 0.1) is 0 Å². The molecule has 6 N–H and O–H groups in total. The number of nitrogens with one attached hydrogen (secondary N) is 2. The predicted octanol–water partition coefficient (Wildman–Crippen LogP) is 0.284. The number of carbonyl (C=O) groups excluding carboxylic acids is 1. The molecule has 1 aliphatic heterocycles. The summed E-state index contributed by atoms with van der Waals surface area (Å²) in [6.07, 6.45) is -3.01. The number of nitrogens with zero attached hydrogens (tertiary/aromatic N) is 5. The van der Waals surface area contributed by atoms with Gasteiger partial charge in [-0.1, -0.05) is 11.6 Å². The predicted molar refractivity (Wildman–Crippen MR) is 152 cm³/mol. The Balaban J connectivity index is 1.68. The lowest BCUT2D eigenvalue weighted by Crippen LogP contribution is -2.44. The molecule has 236 valence electrons. The van der Waals surface area contributed by atoms with Crippen LogP contribution in [0.15, 0.2) is 30.6 Å². The Morgan fingerprint density at radius 1 is 1.33 bits per heavy atom. The number of hydrogen-bond donors (Lipinski definition) is 5. The third-order valence-electron chi connectivity index (χ3n) is 6.10. The lowest BCUT2D eigenvalue weighted by molar-refractivity contribution is -0.143. The fraction of sp³-hybridized carbons (Fsp3) is 0.455. The minimum Gasteiger partial charge on any atom is -0.468 e. The van der Waals surface area contributed by atoms with Crippen LogP contribution in [0.2, 0.25) is 5.02 Å². The highest BCUT2D eigenvalue weighted by atomic mass is 35.5. The Kier molecular flexibility index (Phi) is 9.22. The van der Waals surface area contributed by atoms with Crippen molar-refractivity contribution in [2.24, 2.45) is 0 Å². The zero-order valence-electron chi connectivity index (χ0n) is 23.4. The number of anilines is 2. The first kappa shape index (κ1) is 32.8. The van der Waals surface area contributed by atoms with Gasteiger partial charge in [-0.25, -0.2) is 18.0 Å². The number of rotatable bonds is 11. The molecule has 0 spiro atoms. The van der Waals surface area contributed by atoms with Gasteiger partial charge in [0.15, 0.2) is 23.2 Å². The standard InChI is InChI=1S/C22H30ClN8O10PS/c1-11(18(33)38-4)28-42(35,40-13-8-6-12(23)7-9-13)41-19-15(32)22(2,34)20(39-19)31-10-25-14-16(26-21(24)27-17(14)31)30(3)29-43(5,36)37/h6-11,15,19-20,29,32,34H,1-5H3,(H,28,35)(H2,24,26,27)/t11-,15?,19?,20+,22+,42?/m0/s1. The molecule has 0 aliphatic carbocycles. The maximum atomic E-state index is 13.9. The fourth-order valence-corrected chi connectivity index (χ4v) is 6.41. The van der Waals surface area contributed by atoms with Gasteiger partial charge >= 0.3 is 13.7 Å². The zero-order valence-corrected chi connectivity index (χ0v) is 25.9. The number of nitrogens with two attached hydrogens (primary N) is 1. The maximum absolute atomic E-state index is 13.9. The molecule has 2 aromatic heterocycles. The first-order chi connectivity index (χ1) is 19.9. The summed E-state index contributed by atoms with van der Waals surface area (Å²) in [5.74, 6) is -1.08. The van der Waals surface area contributed by atoms with Crippen molar-refractivity contribution < 1.29 is 46.5 Å². The minimum absolute atomic E-state index is 0.0131. The summed E-state index contributed by atoms with van der Waals surface area (Å²) in [5, 5.41) is 26.2. The van der Waals surface area contributed by atoms with Crippen molar-refractivity contribution in [1.82, 2.24) is 29.4 Å². The second-order valence-corrected chi connectivity index (χ2v) is 13.5. The van der Waals surface area contributed by atoms with Gasteiger partial charge in [0.25, 0.3) is 0 Å². The molecule has 0 bridgehead atoms. The molecule has 4 rings (SSSR count). The van der Waals surface area contributed by atoms with Gasteiger partial charge < -0.3 is 29.9 Å². The average molecular weight is 665 g/mol. The highest BCUT2D eigenvalue weighted by Gasteiger charge is 2.56. The monoisotopic (exact) mass is 664 g/mol. The number of hydrazine groups is 1. The normalized spacial score (nSPS) is 24.4. The van der Waals surface area contributed by atoms with Gasteiger partial charge in [-0.3, -0.25) is 18.9 Å². The molecule has 18 nitrogen and oxygen atoms in total. The van der Waals surface area contributed by atoms with Crippen LogP contribution in [0.1, 0.15) is 20.1 Å². The second kappa shape index (κ2) is 12.1. The van der Waals surface area contributed by atoms with Gasteiger partial charge in [-0.2, -0.15) is 15.1 Å². The number of methoxy groups -OCH3 is 1. The van der Waals surface area contributed by atoms with Gasteiger partial charge in [0.1, 0.15) is 23.5 Å². The van der Waals surface area contributed by atoms with Gasteiger partial charge in [0, 0.05) is 12.1 Å². The van der Waals surface area contributed by atoms with E-state index in [2.05, 4.69) is 29.6 Å². The molecule has 21 heteroatoms. The van der Waals surface area contributed by atoms with E-state index >= 15 is 0 Å². The molecule has 1 saturated heterocycles. The number of aliphatic hydroxyl groups is 2. The number of ether oxygens (including phenoxy) is 2. The Hall–Kier alpha value is -3.13. The van der Waals surface area contributed by atoms with E-state index in [4.69, 9.17) is 31.1 Å². The van der Waals surface area contributed by atoms with E-state index in [1.54, 1.807) is 0 Å². The Labute approximate surface area is 250 Å². The van der Waals surface area contributed by atoms with Crippen molar-refractivity contribution >= 4 is 58.3 Å². The lowest BCUT2D eigenvalue weighted by Gasteiger charge is -2.27. The molecule has 43 heavy (non-hydrogen) atoms. The zero-order chi connectivity index (χ0) is 31.9. The van der Waals surface area contributed by atoms with E-state index in [1.165, 1.54) is 56.1 Å². The third-order valence-corrected chi connectivity index (χ3v) is 8.60. The summed E-state index contributed by atoms with van der Waals surface area (Å²) in [4.78, 5) is 26.7. The molecule has 0 radical (unpaired) electrons. The van der Waals surface area contributed by atoms with Crippen LogP contribution >= 0.6 is 19.3 Å². The average Bonchev–Trinajstić information content (AvgIpc) is 3.41. The number of halogens is 1. The molecule has 0 amide bonds. The molecule has 1 aromatic carbocycles. The first-order valence-electron chi connectivity index (χ1n) is 12.3. The summed E-state index contributed by atoms with van der Waals surface area (Å²) in [6, 6.07) is 4.50. The van der Waals surface area contributed by atoms with E-state index in [1.807, 2.05) is 0 Å².